The molecule has 20 heavy (non-hydrogen) atoms. The maximum absolute atomic E-state index is 11.9. The molecular formula is C13H19N2O4P. The molecular weight excluding hydrogens is 279 g/mol. The van der Waals surface area contributed by atoms with Gasteiger partial charge in [0.25, 0.3) is 11.6 Å². The zero-order valence-corrected chi connectivity index (χ0v) is 12.5. The second-order valence-corrected chi connectivity index (χ2v) is 5.09. The van der Waals surface area contributed by atoms with Crippen LogP contribution in [0.4, 0.5) is 5.69 Å². The van der Waals surface area contributed by atoms with Gasteiger partial charge in [0.1, 0.15) is 0 Å². The molecule has 0 aliphatic rings. The Kier molecular flexibility index (Phi) is 6.55. The Labute approximate surface area is 119 Å². The number of aliphatic hydroxyl groups is 1. The lowest BCUT2D eigenvalue weighted by Crippen LogP contribution is -2.24. The summed E-state index contributed by atoms with van der Waals surface area (Å²) in [4.78, 5) is 22.4. The number of carbonyl (C=O) groups excluding carboxylic acids is 1. The molecule has 0 aliphatic heterocycles. The van der Waals surface area contributed by atoms with E-state index in [1.165, 1.54) is 12.1 Å². The standard InChI is InChI=1S/C13H19N2O4P/c1-9(8-16)11-4-3-10(7-12(11)15(18)19)13(17)14-5-2-6-20/h3-4,7,9,16H,2,5-6,8,20H2,1H3,(H,14,17). The highest BCUT2D eigenvalue weighted by molar-refractivity contribution is 7.16. The number of nitro benzene ring substituents is 1. The highest BCUT2D eigenvalue weighted by Crippen LogP contribution is 2.27. The van der Waals surface area contributed by atoms with Gasteiger partial charge in [-0.05, 0) is 18.6 Å². The highest BCUT2D eigenvalue weighted by atomic mass is 31.0. The molecule has 1 aromatic rings. The topological polar surface area (TPSA) is 92.5 Å². The molecule has 1 aromatic carbocycles. The lowest BCUT2D eigenvalue weighted by molar-refractivity contribution is -0.385. The normalized spacial score (nSPS) is 11.9. The summed E-state index contributed by atoms with van der Waals surface area (Å²) in [6.45, 7) is 2.05. The molecule has 0 saturated heterocycles. The molecule has 7 heteroatoms. The summed E-state index contributed by atoms with van der Waals surface area (Å²) in [5.41, 5.74) is 0.554. The summed E-state index contributed by atoms with van der Waals surface area (Å²) in [6.07, 6.45) is 1.71. The van der Waals surface area contributed by atoms with Crippen molar-refractivity contribution in [1.29, 1.82) is 0 Å². The van der Waals surface area contributed by atoms with Gasteiger partial charge in [-0.2, -0.15) is 0 Å². The molecule has 0 heterocycles. The smallest absolute Gasteiger partial charge is 0.273 e. The summed E-state index contributed by atoms with van der Waals surface area (Å²) < 4.78 is 0. The van der Waals surface area contributed by atoms with Gasteiger partial charge in [-0.1, -0.05) is 13.0 Å². The molecule has 0 spiro atoms. The van der Waals surface area contributed by atoms with Crippen molar-refractivity contribution in [2.45, 2.75) is 19.3 Å². The number of hydrogen-bond acceptors (Lipinski definition) is 4. The molecule has 0 aromatic heterocycles. The van der Waals surface area contributed by atoms with Crippen LogP contribution in [0, 0.1) is 10.1 Å². The lowest BCUT2D eigenvalue weighted by atomic mass is 9.98. The molecule has 0 fully saturated rings. The van der Waals surface area contributed by atoms with Crippen molar-refractivity contribution >= 4 is 20.8 Å². The van der Waals surface area contributed by atoms with Gasteiger partial charge in [-0.25, -0.2) is 0 Å². The molecule has 0 radical (unpaired) electrons. The zero-order valence-electron chi connectivity index (χ0n) is 11.3. The van der Waals surface area contributed by atoms with E-state index in [-0.39, 0.29) is 29.7 Å². The molecule has 0 aliphatic carbocycles. The SMILES string of the molecule is CC(CO)c1ccc(C(=O)NCCCP)cc1[N+](=O)[O-]. The Balaban J connectivity index is 2.98. The quantitative estimate of drug-likeness (QED) is 0.347. The molecule has 2 N–H and O–H groups in total. The largest absolute Gasteiger partial charge is 0.396 e. The second kappa shape index (κ2) is 7.92. The first kappa shape index (κ1) is 16.5. The predicted molar refractivity (Wildman–Crippen MR) is 80.1 cm³/mol. The zero-order chi connectivity index (χ0) is 15.1. The third-order valence-corrected chi connectivity index (χ3v) is 3.37. The van der Waals surface area contributed by atoms with Crippen LogP contribution in [0.5, 0.6) is 0 Å². The van der Waals surface area contributed by atoms with E-state index in [2.05, 4.69) is 14.6 Å². The van der Waals surface area contributed by atoms with E-state index in [0.717, 1.165) is 12.6 Å². The summed E-state index contributed by atoms with van der Waals surface area (Å²) in [7, 11) is 2.57. The van der Waals surface area contributed by atoms with Crippen LogP contribution in [-0.2, 0) is 0 Å². The van der Waals surface area contributed by atoms with Gasteiger partial charge < -0.3 is 10.4 Å². The summed E-state index contributed by atoms with van der Waals surface area (Å²) in [6, 6.07) is 4.34. The Hall–Kier alpha value is -1.52. The summed E-state index contributed by atoms with van der Waals surface area (Å²) in [5.74, 6) is -0.667. The first-order chi connectivity index (χ1) is 9.51. The minimum atomic E-state index is -0.527. The van der Waals surface area contributed by atoms with Crippen LogP contribution < -0.4 is 5.32 Å². The second-order valence-electron chi connectivity index (χ2n) is 4.51. The van der Waals surface area contributed by atoms with E-state index < -0.39 is 4.92 Å². The number of aliphatic hydroxyl groups excluding tert-OH is 1. The molecule has 0 bridgehead atoms. The average molecular weight is 298 g/mol. The van der Waals surface area contributed by atoms with Gasteiger partial charge in [0.2, 0.25) is 0 Å². The Bertz CT molecular complexity index is 493. The molecule has 0 saturated carbocycles. The number of nitrogens with zero attached hydrogens (tertiary/aromatic N) is 1. The van der Waals surface area contributed by atoms with E-state index in [0.29, 0.717) is 12.1 Å². The number of benzene rings is 1. The van der Waals surface area contributed by atoms with Crippen LogP contribution in [0.2, 0.25) is 0 Å². The maximum atomic E-state index is 11.9. The Morgan fingerprint density at radius 1 is 1.55 bits per heavy atom. The number of hydrogen-bond donors (Lipinski definition) is 2. The van der Waals surface area contributed by atoms with E-state index in [1.54, 1.807) is 13.0 Å². The van der Waals surface area contributed by atoms with Crippen molar-refractivity contribution in [1.82, 2.24) is 5.32 Å². The van der Waals surface area contributed by atoms with Gasteiger partial charge >= 0.3 is 0 Å². The van der Waals surface area contributed by atoms with Crippen molar-refractivity contribution in [2.75, 3.05) is 19.3 Å². The monoisotopic (exact) mass is 298 g/mol. The third-order valence-electron chi connectivity index (χ3n) is 2.96. The van der Waals surface area contributed by atoms with Crippen LogP contribution >= 0.6 is 9.24 Å². The molecule has 1 amide bonds. The van der Waals surface area contributed by atoms with E-state index >= 15 is 0 Å². The van der Waals surface area contributed by atoms with Crippen LogP contribution in [-0.4, -0.2) is 35.3 Å². The average Bonchev–Trinajstić information content (AvgIpc) is 2.45. The Morgan fingerprint density at radius 2 is 2.25 bits per heavy atom. The summed E-state index contributed by atoms with van der Waals surface area (Å²) in [5, 5.41) is 22.9. The van der Waals surface area contributed by atoms with E-state index in [1.807, 2.05) is 0 Å². The Morgan fingerprint density at radius 3 is 2.80 bits per heavy atom. The van der Waals surface area contributed by atoms with Crippen LogP contribution in [0.25, 0.3) is 0 Å². The molecule has 2 atom stereocenters. The third kappa shape index (κ3) is 4.25. The molecule has 1 rings (SSSR count). The van der Waals surface area contributed by atoms with Crippen LogP contribution in [0.1, 0.15) is 35.2 Å². The van der Waals surface area contributed by atoms with Gasteiger partial charge in [-0.3, -0.25) is 14.9 Å². The number of carbonyl (C=O) groups is 1. The van der Waals surface area contributed by atoms with E-state index in [4.69, 9.17) is 5.11 Å². The van der Waals surface area contributed by atoms with Crippen LogP contribution in [0.15, 0.2) is 18.2 Å². The predicted octanol–water partition coefficient (Wildman–Crippen LogP) is 1.69. The van der Waals surface area contributed by atoms with Crippen molar-refractivity contribution in [3.63, 3.8) is 0 Å². The minimum absolute atomic E-state index is 0.134. The first-order valence-electron chi connectivity index (χ1n) is 6.38. The summed E-state index contributed by atoms with van der Waals surface area (Å²) >= 11 is 0. The number of amides is 1. The van der Waals surface area contributed by atoms with Gasteiger partial charge in [0.05, 0.1) is 4.92 Å². The fourth-order valence-corrected chi connectivity index (χ4v) is 1.97. The maximum Gasteiger partial charge on any atom is 0.273 e. The number of nitro groups is 1. The van der Waals surface area contributed by atoms with Crippen LogP contribution in [0.3, 0.4) is 0 Å². The first-order valence-corrected chi connectivity index (χ1v) is 7.20. The van der Waals surface area contributed by atoms with Gasteiger partial charge in [0, 0.05) is 36.3 Å². The number of rotatable bonds is 7. The minimum Gasteiger partial charge on any atom is -0.396 e. The van der Waals surface area contributed by atoms with Gasteiger partial charge in [0.15, 0.2) is 0 Å². The highest BCUT2D eigenvalue weighted by Gasteiger charge is 2.20. The van der Waals surface area contributed by atoms with Crippen molar-refractivity contribution < 1.29 is 14.8 Å². The van der Waals surface area contributed by atoms with Crippen molar-refractivity contribution in [3.05, 3.63) is 39.4 Å². The lowest BCUT2D eigenvalue weighted by Gasteiger charge is -2.10. The fraction of sp³-hybridized carbons (Fsp3) is 0.462. The number of nitrogens with one attached hydrogen (secondary N) is 1. The molecule has 2 unspecified atom stereocenters. The molecule has 6 nitrogen and oxygen atoms in total. The molecule has 110 valence electrons. The van der Waals surface area contributed by atoms with Crippen molar-refractivity contribution in [3.8, 4) is 0 Å². The van der Waals surface area contributed by atoms with E-state index in [9.17, 15) is 14.9 Å². The van der Waals surface area contributed by atoms with Crippen molar-refractivity contribution in [2.24, 2.45) is 0 Å². The van der Waals surface area contributed by atoms with Gasteiger partial charge in [-0.15, -0.1) is 9.24 Å². The fourth-order valence-electron chi connectivity index (χ4n) is 1.76.